The third kappa shape index (κ3) is 4.85. The minimum absolute atomic E-state index is 0.184. The van der Waals surface area contributed by atoms with Gasteiger partial charge >= 0.3 is 12.0 Å². The summed E-state index contributed by atoms with van der Waals surface area (Å²) in [6.45, 7) is 5.68. The van der Waals surface area contributed by atoms with Gasteiger partial charge in [-0.25, -0.2) is 9.59 Å². The predicted molar refractivity (Wildman–Crippen MR) is 81.9 cm³/mol. The molecule has 1 aromatic carbocycles. The van der Waals surface area contributed by atoms with Gasteiger partial charge in [-0.15, -0.1) is 0 Å². The number of nitrogens with one attached hydrogen (secondary N) is 2. The smallest absolute Gasteiger partial charge is 0.326 e. The summed E-state index contributed by atoms with van der Waals surface area (Å²) in [5.74, 6) is -0.844. The molecule has 0 spiro atoms. The number of hydrogen-bond donors (Lipinski definition) is 3. The number of rotatable bonds is 5. The van der Waals surface area contributed by atoms with Crippen molar-refractivity contribution in [1.29, 1.82) is 0 Å². The maximum atomic E-state index is 11.9. The first-order valence-corrected chi connectivity index (χ1v) is 7.16. The molecular formula is C14H19BrN2O3. The van der Waals surface area contributed by atoms with E-state index in [4.69, 9.17) is 5.11 Å². The van der Waals surface area contributed by atoms with Gasteiger partial charge in [0.1, 0.15) is 6.04 Å². The van der Waals surface area contributed by atoms with Gasteiger partial charge in [0.15, 0.2) is 0 Å². The first-order valence-electron chi connectivity index (χ1n) is 6.36. The van der Waals surface area contributed by atoms with E-state index < -0.39 is 18.0 Å². The highest BCUT2D eigenvalue weighted by atomic mass is 79.9. The molecular weight excluding hydrogens is 324 g/mol. The summed E-state index contributed by atoms with van der Waals surface area (Å²) in [7, 11) is 0. The molecule has 5 nitrogen and oxygen atoms in total. The monoisotopic (exact) mass is 342 g/mol. The van der Waals surface area contributed by atoms with Crippen LogP contribution in [-0.2, 0) is 4.79 Å². The number of hydrogen-bond acceptors (Lipinski definition) is 2. The van der Waals surface area contributed by atoms with Crippen LogP contribution < -0.4 is 10.6 Å². The van der Waals surface area contributed by atoms with Gasteiger partial charge in [-0.05, 0) is 37.0 Å². The van der Waals surface area contributed by atoms with Gasteiger partial charge in [0.25, 0.3) is 0 Å². The number of urea groups is 1. The van der Waals surface area contributed by atoms with Crippen molar-refractivity contribution in [2.75, 3.05) is 5.32 Å². The number of carbonyl (C=O) groups is 2. The zero-order chi connectivity index (χ0) is 15.3. The van der Waals surface area contributed by atoms with Crippen molar-refractivity contribution in [3.05, 3.63) is 28.2 Å². The molecule has 0 aromatic heterocycles. The number of carboxylic acid groups (broad SMARTS) is 1. The largest absolute Gasteiger partial charge is 0.480 e. The number of carboxylic acids is 1. The molecule has 1 unspecified atom stereocenters. The van der Waals surface area contributed by atoms with Crippen LogP contribution in [0, 0.1) is 12.8 Å². The highest BCUT2D eigenvalue weighted by Gasteiger charge is 2.21. The molecule has 2 amide bonds. The molecule has 0 aliphatic heterocycles. The van der Waals surface area contributed by atoms with Crippen molar-refractivity contribution in [3.8, 4) is 0 Å². The lowest BCUT2D eigenvalue weighted by molar-refractivity contribution is -0.139. The van der Waals surface area contributed by atoms with Crippen molar-refractivity contribution in [2.24, 2.45) is 5.92 Å². The zero-order valence-corrected chi connectivity index (χ0v) is 13.3. The van der Waals surface area contributed by atoms with E-state index in [0.29, 0.717) is 12.1 Å². The fourth-order valence-corrected chi connectivity index (χ4v) is 2.12. The van der Waals surface area contributed by atoms with E-state index in [1.54, 1.807) is 12.1 Å². The second kappa shape index (κ2) is 7.28. The summed E-state index contributed by atoms with van der Waals surface area (Å²) < 4.78 is 0.882. The van der Waals surface area contributed by atoms with E-state index in [-0.39, 0.29) is 5.92 Å². The summed E-state index contributed by atoms with van der Waals surface area (Å²) >= 11 is 3.38. The molecule has 110 valence electrons. The minimum Gasteiger partial charge on any atom is -0.480 e. The Morgan fingerprint density at radius 2 is 2.00 bits per heavy atom. The van der Waals surface area contributed by atoms with Crippen LogP contribution in [0.4, 0.5) is 10.5 Å². The molecule has 1 rings (SSSR count). The summed E-state index contributed by atoms with van der Waals surface area (Å²) in [6.07, 6.45) is 0.389. The predicted octanol–water partition coefficient (Wildman–Crippen LogP) is 3.38. The Labute approximate surface area is 126 Å². The van der Waals surface area contributed by atoms with Crippen LogP contribution in [0.2, 0.25) is 0 Å². The van der Waals surface area contributed by atoms with Crippen molar-refractivity contribution in [3.63, 3.8) is 0 Å². The molecule has 6 heteroatoms. The summed E-state index contributed by atoms with van der Waals surface area (Å²) in [6, 6.07) is 4.03. The average molecular weight is 343 g/mol. The number of amides is 2. The van der Waals surface area contributed by atoms with Crippen molar-refractivity contribution >= 4 is 33.6 Å². The minimum atomic E-state index is -1.03. The van der Waals surface area contributed by atoms with E-state index in [9.17, 15) is 9.59 Å². The van der Waals surface area contributed by atoms with Gasteiger partial charge < -0.3 is 15.7 Å². The lowest BCUT2D eigenvalue weighted by atomic mass is 10.0. The van der Waals surface area contributed by atoms with E-state index in [0.717, 1.165) is 10.0 Å². The highest BCUT2D eigenvalue weighted by molar-refractivity contribution is 9.10. The molecule has 0 aliphatic carbocycles. The average Bonchev–Trinajstić information content (AvgIpc) is 2.33. The summed E-state index contributed by atoms with van der Waals surface area (Å²) in [5.41, 5.74) is 1.53. The van der Waals surface area contributed by atoms with Crippen LogP contribution in [0.25, 0.3) is 0 Å². The van der Waals surface area contributed by atoms with Crippen molar-refractivity contribution in [1.82, 2.24) is 5.32 Å². The van der Waals surface area contributed by atoms with Gasteiger partial charge in [0, 0.05) is 10.2 Å². The first-order chi connectivity index (χ1) is 9.31. The molecule has 0 aliphatic rings. The Hall–Kier alpha value is -1.56. The van der Waals surface area contributed by atoms with Crippen LogP contribution in [-0.4, -0.2) is 23.1 Å². The topological polar surface area (TPSA) is 78.4 Å². The molecule has 0 bridgehead atoms. The van der Waals surface area contributed by atoms with Gasteiger partial charge in [-0.1, -0.05) is 35.8 Å². The molecule has 20 heavy (non-hydrogen) atoms. The maximum Gasteiger partial charge on any atom is 0.326 e. The fourth-order valence-electron chi connectivity index (χ4n) is 1.75. The number of aliphatic carboxylic acids is 1. The van der Waals surface area contributed by atoms with Crippen LogP contribution in [0.3, 0.4) is 0 Å². The molecule has 0 radical (unpaired) electrons. The molecule has 3 N–H and O–H groups in total. The molecule has 0 fully saturated rings. The SMILES string of the molecule is Cc1c(Br)cccc1NC(=O)NC(CC(C)C)C(=O)O. The third-order valence-electron chi connectivity index (χ3n) is 2.83. The number of anilines is 1. The Balaban J connectivity index is 2.71. The number of carbonyl (C=O) groups excluding carboxylic acids is 1. The standard InChI is InChI=1S/C14H19BrN2O3/c1-8(2)7-12(13(18)19)17-14(20)16-11-6-4-5-10(15)9(11)3/h4-6,8,12H,7H2,1-3H3,(H,18,19)(H2,16,17,20). The Bertz CT molecular complexity index is 503. The van der Waals surface area contributed by atoms with Crippen LogP contribution >= 0.6 is 15.9 Å². The second-order valence-corrected chi connectivity index (χ2v) is 5.89. The number of benzene rings is 1. The zero-order valence-electron chi connectivity index (χ0n) is 11.7. The van der Waals surface area contributed by atoms with Crippen molar-refractivity contribution < 1.29 is 14.7 Å². The third-order valence-corrected chi connectivity index (χ3v) is 3.69. The van der Waals surface area contributed by atoms with E-state index >= 15 is 0 Å². The van der Waals surface area contributed by atoms with Gasteiger partial charge in [0.2, 0.25) is 0 Å². The lowest BCUT2D eigenvalue weighted by Crippen LogP contribution is -2.43. The van der Waals surface area contributed by atoms with Crippen molar-refractivity contribution in [2.45, 2.75) is 33.2 Å². The van der Waals surface area contributed by atoms with Crippen LogP contribution in [0.1, 0.15) is 25.8 Å². The second-order valence-electron chi connectivity index (χ2n) is 5.03. The molecule has 0 saturated heterocycles. The van der Waals surface area contributed by atoms with Gasteiger partial charge in [0.05, 0.1) is 0 Å². The normalized spacial score (nSPS) is 12.1. The van der Waals surface area contributed by atoms with E-state index in [1.807, 2.05) is 26.8 Å². The molecule has 1 atom stereocenters. The summed E-state index contributed by atoms with van der Waals surface area (Å²) in [4.78, 5) is 23.0. The Kier molecular flexibility index (Phi) is 6.01. The molecule has 1 aromatic rings. The lowest BCUT2D eigenvalue weighted by Gasteiger charge is -2.17. The van der Waals surface area contributed by atoms with Crippen LogP contribution in [0.5, 0.6) is 0 Å². The molecule has 0 heterocycles. The Morgan fingerprint density at radius 1 is 1.35 bits per heavy atom. The fraction of sp³-hybridized carbons (Fsp3) is 0.429. The first kappa shape index (κ1) is 16.5. The van der Waals surface area contributed by atoms with Gasteiger partial charge in [-0.2, -0.15) is 0 Å². The van der Waals surface area contributed by atoms with Gasteiger partial charge in [-0.3, -0.25) is 0 Å². The summed E-state index contributed by atoms with van der Waals surface area (Å²) in [5, 5.41) is 14.2. The highest BCUT2D eigenvalue weighted by Crippen LogP contribution is 2.23. The number of halogens is 1. The quantitative estimate of drug-likeness (QED) is 0.767. The van der Waals surface area contributed by atoms with E-state index in [1.165, 1.54) is 0 Å². The molecule has 0 saturated carbocycles. The Morgan fingerprint density at radius 3 is 2.55 bits per heavy atom. The maximum absolute atomic E-state index is 11.9. The van der Waals surface area contributed by atoms with Crippen LogP contribution in [0.15, 0.2) is 22.7 Å². The van der Waals surface area contributed by atoms with E-state index in [2.05, 4.69) is 26.6 Å².